The van der Waals surface area contributed by atoms with Gasteiger partial charge < -0.3 is 5.11 Å². The highest BCUT2D eigenvalue weighted by Crippen LogP contribution is 2.22. The van der Waals surface area contributed by atoms with Gasteiger partial charge in [0.2, 0.25) is 0 Å². The Morgan fingerprint density at radius 2 is 1.61 bits per heavy atom. The summed E-state index contributed by atoms with van der Waals surface area (Å²) in [5.41, 5.74) is -2.14. The number of hydrogen-bond acceptors (Lipinski definition) is 7. The molecule has 0 aliphatic carbocycles. The molecule has 3 aromatic rings. The molecule has 1 N–H and O–H groups in total. The zero-order chi connectivity index (χ0) is 20.7. The van der Waals surface area contributed by atoms with Gasteiger partial charge in [0, 0.05) is 39.5 Å². The van der Waals surface area contributed by atoms with Gasteiger partial charge in [0.15, 0.2) is 0 Å². The highest BCUT2D eigenvalue weighted by molar-refractivity contribution is 5.94. The Balaban J connectivity index is 2.25. The standard InChI is InChI=1S/C17H15N5O6/c1-19-14-12(16(25)21(3)17(26)20(14)2)13(23)11(15(19)24)8-18-9-4-6-10(7-5-9)22(27)28/h4-8,23H,1-3H3. The lowest BCUT2D eigenvalue weighted by Gasteiger charge is -2.13. The maximum Gasteiger partial charge on any atom is 0.332 e. The van der Waals surface area contributed by atoms with Crippen molar-refractivity contribution < 1.29 is 10.0 Å². The second kappa shape index (κ2) is 6.61. The van der Waals surface area contributed by atoms with Crippen LogP contribution in [0.3, 0.4) is 0 Å². The van der Waals surface area contributed by atoms with Crippen LogP contribution in [-0.4, -0.2) is 29.9 Å². The van der Waals surface area contributed by atoms with E-state index in [1.807, 2.05) is 0 Å². The van der Waals surface area contributed by atoms with Crippen LogP contribution in [0, 0.1) is 10.1 Å². The van der Waals surface area contributed by atoms with E-state index in [9.17, 15) is 29.6 Å². The van der Waals surface area contributed by atoms with E-state index in [0.717, 1.165) is 19.9 Å². The molecule has 0 saturated heterocycles. The Kier molecular flexibility index (Phi) is 4.43. The minimum absolute atomic E-state index is 0.0249. The number of hydrogen-bond donors (Lipinski definition) is 1. The lowest BCUT2D eigenvalue weighted by Crippen LogP contribution is -2.40. The molecule has 0 radical (unpaired) electrons. The van der Waals surface area contributed by atoms with E-state index in [0.29, 0.717) is 5.69 Å². The fourth-order valence-corrected chi connectivity index (χ4v) is 2.86. The number of fused-ring (bicyclic) bond motifs is 1. The lowest BCUT2D eigenvalue weighted by atomic mass is 10.2. The van der Waals surface area contributed by atoms with Gasteiger partial charge in [0.25, 0.3) is 16.8 Å². The van der Waals surface area contributed by atoms with E-state index in [4.69, 9.17) is 0 Å². The van der Waals surface area contributed by atoms with Crippen LogP contribution < -0.4 is 16.8 Å². The number of nitro groups is 1. The summed E-state index contributed by atoms with van der Waals surface area (Å²) in [5.74, 6) is -0.597. The molecule has 11 heteroatoms. The molecular formula is C17H15N5O6. The van der Waals surface area contributed by atoms with Crippen LogP contribution in [0.4, 0.5) is 11.4 Å². The van der Waals surface area contributed by atoms with Crippen LogP contribution in [0.1, 0.15) is 5.56 Å². The molecular weight excluding hydrogens is 370 g/mol. The second-order valence-electron chi connectivity index (χ2n) is 6.06. The number of nitrogens with zero attached hydrogens (tertiary/aromatic N) is 5. The molecule has 2 heterocycles. The first kappa shape index (κ1) is 18.8. The Morgan fingerprint density at radius 1 is 1.00 bits per heavy atom. The number of benzene rings is 1. The van der Waals surface area contributed by atoms with Crippen molar-refractivity contribution in [3.8, 4) is 5.75 Å². The third-order valence-corrected chi connectivity index (χ3v) is 4.38. The number of rotatable bonds is 3. The summed E-state index contributed by atoms with van der Waals surface area (Å²) >= 11 is 0. The number of aromatic hydroxyl groups is 1. The van der Waals surface area contributed by atoms with Gasteiger partial charge in [-0.1, -0.05) is 0 Å². The van der Waals surface area contributed by atoms with E-state index >= 15 is 0 Å². The van der Waals surface area contributed by atoms with Gasteiger partial charge in [-0.05, 0) is 12.1 Å². The van der Waals surface area contributed by atoms with Crippen molar-refractivity contribution in [1.82, 2.24) is 13.7 Å². The van der Waals surface area contributed by atoms with Crippen LogP contribution in [0.2, 0.25) is 0 Å². The molecule has 11 nitrogen and oxygen atoms in total. The first-order chi connectivity index (χ1) is 13.1. The van der Waals surface area contributed by atoms with Crippen molar-refractivity contribution in [2.45, 2.75) is 0 Å². The number of aromatic nitrogens is 3. The normalized spacial score (nSPS) is 11.4. The van der Waals surface area contributed by atoms with Crippen LogP contribution in [-0.2, 0) is 21.1 Å². The van der Waals surface area contributed by atoms with E-state index in [1.54, 1.807) is 0 Å². The van der Waals surface area contributed by atoms with Crippen LogP contribution >= 0.6 is 0 Å². The summed E-state index contributed by atoms with van der Waals surface area (Å²) in [4.78, 5) is 51.4. The predicted octanol–water partition coefficient (Wildman–Crippen LogP) is 0.300. The predicted molar refractivity (Wildman–Crippen MR) is 102 cm³/mol. The SMILES string of the molecule is Cn1c(=O)c2c(O)c(C=Nc3ccc([N+](=O)[O-])cc3)c(=O)n(C)c2n(C)c1=O. The summed E-state index contributed by atoms with van der Waals surface area (Å²) in [7, 11) is 4.01. The highest BCUT2D eigenvalue weighted by atomic mass is 16.6. The average Bonchev–Trinajstić information content (AvgIpc) is 2.67. The quantitative estimate of drug-likeness (QED) is 0.390. The number of pyridine rings is 1. The zero-order valence-electron chi connectivity index (χ0n) is 15.1. The minimum Gasteiger partial charge on any atom is -0.506 e. The molecule has 0 aliphatic rings. The summed E-state index contributed by atoms with van der Waals surface area (Å²) in [6, 6.07) is 5.24. The fraction of sp³-hybridized carbons (Fsp3) is 0.176. The molecule has 144 valence electrons. The van der Waals surface area contributed by atoms with E-state index in [1.165, 1.54) is 45.4 Å². The summed E-state index contributed by atoms with van der Waals surface area (Å²) in [6.07, 6.45) is 1.07. The van der Waals surface area contributed by atoms with Crippen molar-refractivity contribution in [2.24, 2.45) is 26.1 Å². The summed E-state index contributed by atoms with van der Waals surface area (Å²) < 4.78 is 2.99. The van der Waals surface area contributed by atoms with Crippen LogP contribution in [0.5, 0.6) is 5.75 Å². The lowest BCUT2D eigenvalue weighted by molar-refractivity contribution is -0.384. The van der Waals surface area contributed by atoms with Gasteiger partial charge >= 0.3 is 5.69 Å². The molecule has 0 amide bonds. The third-order valence-electron chi connectivity index (χ3n) is 4.38. The Morgan fingerprint density at radius 3 is 2.18 bits per heavy atom. The maximum absolute atomic E-state index is 12.6. The Bertz CT molecular complexity index is 1330. The van der Waals surface area contributed by atoms with E-state index in [2.05, 4.69) is 4.99 Å². The molecule has 1 aromatic carbocycles. The maximum atomic E-state index is 12.6. The molecule has 0 atom stereocenters. The molecule has 0 aliphatic heterocycles. The molecule has 0 bridgehead atoms. The third kappa shape index (κ3) is 2.78. The molecule has 3 rings (SSSR count). The van der Waals surface area contributed by atoms with Gasteiger partial charge in [0.05, 0.1) is 10.6 Å². The minimum atomic E-state index is -0.754. The van der Waals surface area contributed by atoms with E-state index in [-0.39, 0.29) is 22.3 Å². The van der Waals surface area contributed by atoms with Crippen LogP contribution in [0.15, 0.2) is 43.6 Å². The first-order valence-electron chi connectivity index (χ1n) is 7.95. The number of nitro benzene ring substituents is 1. The van der Waals surface area contributed by atoms with Crippen LogP contribution in [0.25, 0.3) is 11.0 Å². The number of aryl methyl sites for hydroxylation is 2. The molecule has 0 saturated carbocycles. The van der Waals surface area contributed by atoms with Gasteiger partial charge in [-0.2, -0.15) is 0 Å². The zero-order valence-corrected chi connectivity index (χ0v) is 15.1. The van der Waals surface area contributed by atoms with Gasteiger partial charge in [-0.25, -0.2) is 4.79 Å². The second-order valence-corrected chi connectivity index (χ2v) is 6.06. The van der Waals surface area contributed by atoms with Crippen molar-refractivity contribution in [3.05, 3.63) is 71.1 Å². The largest absolute Gasteiger partial charge is 0.506 e. The Hall–Kier alpha value is -4.02. The highest BCUT2D eigenvalue weighted by Gasteiger charge is 2.20. The van der Waals surface area contributed by atoms with Gasteiger partial charge in [-0.3, -0.25) is 38.4 Å². The molecule has 28 heavy (non-hydrogen) atoms. The van der Waals surface area contributed by atoms with Crippen molar-refractivity contribution in [1.29, 1.82) is 0 Å². The summed E-state index contributed by atoms with van der Waals surface area (Å²) in [5, 5.41) is 21.0. The number of non-ortho nitro benzene ring substituents is 1. The van der Waals surface area contributed by atoms with Crippen molar-refractivity contribution >= 4 is 28.6 Å². The average molecular weight is 385 g/mol. The number of aliphatic imine (C=N–C) groups is 1. The fourth-order valence-electron chi connectivity index (χ4n) is 2.86. The van der Waals surface area contributed by atoms with Crippen molar-refractivity contribution in [3.63, 3.8) is 0 Å². The molecule has 0 unspecified atom stereocenters. The Labute approximate surface area is 156 Å². The van der Waals surface area contributed by atoms with E-state index < -0.39 is 27.5 Å². The molecule has 2 aromatic heterocycles. The van der Waals surface area contributed by atoms with Gasteiger partial charge in [0.1, 0.15) is 22.3 Å². The first-order valence-corrected chi connectivity index (χ1v) is 7.95. The van der Waals surface area contributed by atoms with Crippen molar-refractivity contribution in [2.75, 3.05) is 0 Å². The monoisotopic (exact) mass is 385 g/mol. The van der Waals surface area contributed by atoms with Gasteiger partial charge in [-0.15, -0.1) is 0 Å². The molecule has 0 spiro atoms. The smallest absolute Gasteiger partial charge is 0.332 e. The molecule has 0 fully saturated rings. The topological polar surface area (TPSA) is 142 Å². The summed E-state index contributed by atoms with van der Waals surface area (Å²) in [6.45, 7) is 0.